The smallest absolute Gasteiger partial charge is 0.418 e. The lowest BCUT2D eigenvalue weighted by molar-refractivity contribution is -0.136. The first-order valence-corrected chi connectivity index (χ1v) is 15.6. The number of halogens is 5. The summed E-state index contributed by atoms with van der Waals surface area (Å²) in [5, 5.41) is -0.208. The quantitative estimate of drug-likeness (QED) is 0.0885. The third-order valence-electron chi connectivity index (χ3n) is 7.15. The Labute approximate surface area is 248 Å². The van der Waals surface area contributed by atoms with Crippen LogP contribution in [0.5, 0.6) is 0 Å². The Hall–Kier alpha value is -2.06. The van der Waals surface area contributed by atoms with Crippen molar-refractivity contribution in [2.75, 3.05) is 18.0 Å². The Bertz CT molecular complexity index is 1280. The van der Waals surface area contributed by atoms with Crippen molar-refractivity contribution in [3.63, 3.8) is 0 Å². The van der Waals surface area contributed by atoms with Crippen LogP contribution in [0.4, 0.5) is 18.9 Å². The van der Waals surface area contributed by atoms with Crippen molar-refractivity contribution in [3.8, 4) is 11.3 Å². The van der Waals surface area contributed by atoms with Crippen molar-refractivity contribution in [3.05, 3.63) is 55.9 Å². The van der Waals surface area contributed by atoms with Crippen molar-refractivity contribution in [2.45, 2.75) is 97.1 Å². The highest BCUT2D eigenvalue weighted by molar-refractivity contribution is 9.10. The van der Waals surface area contributed by atoms with Gasteiger partial charge in [-0.3, -0.25) is 0 Å². The molecule has 0 aliphatic carbocycles. The molecule has 0 spiro atoms. The van der Waals surface area contributed by atoms with E-state index in [1.165, 1.54) is 75.6 Å². The summed E-state index contributed by atoms with van der Waals surface area (Å²) >= 11 is 9.45. The molecule has 3 aromatic rings. The number of rotatable bonds is 16. The molecule has 0 bridgehead atoms. The molecule has 3 rings (SSSR count). The van der Waals surface area contributed by atoms with Crippen LogP contribution in [-0.4, -0.2) is 18.1 Å². The van der Waals surface area contributed by atoms with E-state index in [1.807, 2.05) is 0 Å². The maximum absolute atomic E-state index is 14.5. The van der Waals surface area contributed by atoms with Crippen molar-refractivity contribution < 1.29 is 17.6 Å². The summed E-state index contributed by atoms with van der Waals surface area (Å²) in [6.45, 7) is 5.95. The third-order valence-corrected chi connectivity index (χ3v) is 8.13. The van der Waals surface area contributed by atoms with Crippen molar-refractivity contribution >= 4 is 44.2 Å². The van der Waals surface area contributed by atoms with E-state index in [2.05, 4.69) is 39.7 Å². The average Bonchev–Trinajstić information content (AvgIpc) is 2.91. The Morgan fingerprint density at radius 1 is 0.875 bits per heavy atom. The second-order valence-electron chi connectivity index (χ2n) is 10.3. The minimum Gasteiger partial charge on any atom is -0.421 e. The Balaban J connectivity index is 1.99. The van der Waals surface area contributed by atoms with Crippen LogP contribution < -0.4 is 10.5 Å². The van der Waals surface area contributed by atoms with Crippen LogP contribution in [0.1, 0.15) is 96.5 Å². The van der Waals surface area contributed by atoms with Crippen molar-refractivity contribution in [1.82, 2.24) is 4.98 Å². The fraction of sp³-hybridized carbons (Fsp3) is 0.548. The maximum Gasteiger partial charge on any atom is 0.418 e. The molecule has 4 nitrogen and oxygen atoms in total. The predicted octanol–water partition coefficient (Wildman–Crippen LogP) is 10.8. The SMILES string of the molecule is CCCCCCCCN(CCCCCCCC)c1ccc2c(C(F)(F)F)c(-c3cccc(Cl)n3)c(=O)oc2c1Br. The molecule has 0 atom stereocenters. The number of hydrogen-bond acceptors (Lipinski definition) is 4. The molecule has 9 heteroatoms. The zero-order valence-electron chi connectivity index (χ0n) is 23.4. The molecule has 0 aliphatic rings. The zero-order valence-corrected chi connectivity index (χ0v) is 25.7. The van der Waals surface area contributed by atoms with Gasteiger partial charge in [-0.25, -0.2) is 9.78 Å². The van der Waals surface area contributed by atoms with Gasteiger partial charge in [-0.15, -0.1) is 0 Å². The van der Waals surface area contributed by atoms with Crippen molar-refractivity contribution in [2.24, 2.45) is 0 Å². The molecule has 0 radical (unpaired) electrons. The minimum absolute atomic E-state index is 0.0123. The standard InChI is InChI=1S/C31H39BrClF3N2O2/c1-3-5-7-9-11-13-20-38(21-14-12-10-8-6-4-2)24-19-18-22-27(31(34,35)36)26(23-16-15-17-25(33)37-23)30(39)40-29(22)28(24)32/h15-19H,3-14,20-21H2,1-2H3. The fourth-order valence-corrected chi connectivity index (χ4v) is 5.90. The average molecular weight is 644 g/mol. The van der Waals surface area contributed by atoms with Crippen LogP contribution in [0.2, 0.25) is 5.15 Å². The van der Waals surface area contributed by atoms with E-state index in [0.717, 1.165) is 44.5 Å². The van der Waals surface area contributed by atoms with Crippen LogP contribution in [0.3, 0.4) is 0 Å². The molecule has 0 saturated heterocycles. The van der Waals surface area contributed by atoms with E-state index < -0.39 is 22.9 Å². The number of benzene rings is 1. The second kappa shape index (κ2) is 15.8. The lowest BCUT2D eigenvalue weighted by atomic mass is 10.0. The molecule has 40 heavy (non-hydrogen) atoms. The highest BCUT2D eigenvalue weighted by atomic mass is 79.9. The Kier molecular flexibility index (Phi) is 12.8. The monoisotopic (exact) mass is 642 g/mol. The molecule has 0 N–H and O–H groups in total. The highest BCUT2D eigenvalue weighted by Crippen LogP contribution is 2.43. The summed E-state index contributed by atoms with van der Waals surface area (Å²) in [5.41, 5.74) is -2.37. The van der Waals surface area contributed by atoms with E-state index in [-0.39, 0.29) is 21.8 Å². The van der Waals surface area contributed by atoms with Gasteiger partial charge >= 0.3 is 11.8 Å². The van der Waals surface area contributed by atoms with Gasteiger partial charge in [0.15, 0.2) is 5.58 Å². The van der Waals surface area contributed by atoms with Gasteiger partial charge in [0.1, 0.15) is 5.15 Å². The second-order valence-corrected chi connectivity index (χ2v) is 11.5. The number of fused-ring (bicyclic) bond motifs is 1. The van der Waals surface area contributed by atoms with Gasteiger partial charge in [-0.05, 0) is 53.0 Å². The van der Waals surface area contributed by atoms with E-state index in [1.54, 1.807) is 6.07 Å². The number of anilines is 1. The van der Waals surface area contributed by atoms with Gasteiger partial charge in [0.05, 0.1) is 27.0 Å². The number of hydrogen-bond donors (Lipinski definition) is 0. The summed E-state index contributed by atoms with van der Waals surface area (Å²) in [5.74, 6) is 0. The van der Waals surface area contributed by atoms with Crippen LogP contribution >= 0.6 is 27.5 Å². The van der Waals surface area contributed by atoms with Gasteiger partial charge in [0.25, 0.3) is 0 Å². The first kappa shape index (κ1) is 32.5. The van der Waals surface area contributed by atoms with E-state index in [0.29, 0.717) is 4.47 Å². The third kappa shape index (κ3) is 8.72. The fourth-order valence-electron chi connectivity index (χ4n) is 5.06. The lowest BCUT2D eigenvalue weighted by Crippen LogP contribution is -2.26. The number of alkyl halides is 3. The summed E-state index contributed by atoms with van der Waals surface area (Å²) < 4.78 is 49.3. The van der Waals surface area contributed by atoms with Gasteiger partial charge < -0.3 is 9.32 Å². The molecule has 2 aromatic heterocycles. The summed E-state index contributed by atoms with van der Waals surface area (Å²) in [6, 6.07) is 7.32. The summed E-state index contributed by atoms with van der Waals surface area (Å²) in [4.78, 5) is 19.2. The lowest BCUT2D eigenvalue weighted by Gasteiger charge is -2.27. The van der Waals surface area contributed by atoms with Crippen molar-refractivity contribution in [1.29, 1.82) is 0 Å². The van der Waals surface area contributed by atoms with Crippen LogP contribution in [0, 0.1) is 0 Å². The van der Waals surface area contributed by atoms with E-state index >= 15 is 0 Å². The normalized spacial score (nSPS) is 11.9. The molecule has 0 unspecified atom stereocenters. The topological polar surface area (TPSA) is 46.3 Å². The van der Waals surface area contributed by atoms with Gasteiger partial charge in [-0.1, -0.05) is 95.7 Å². The van der Waals surface area contributed by atoms with Crippen LogP contribution in [0.15, 0.2) is 44.0 Å². The van der Waals surface area contributed by atoms with Gasteiger partial charge in [0, 0.05) is 18.5 Å². The molecule has 1 aromatic carbocycles. The molecule has 0 aliphatic heterocycles. The summed E-state index contributed by atoms with van der Waals surface area (Å²) in [6.07, 6.45) is 8.95. The first-order valence-electron chi connectivity index (χ1n) is 14.4. The van der Waals surface area contributed by atoms with Gasteiger partial charge in [0.2, 0.25) is 0 Å². The van der Waals surface area contributed by atoms with Gasteiger partial charge in [-0.2, -0.15) is 13.2 Å². The Morgan fingerprint density at radius 2 is 1.45 bits per heavy atom. The van der Waals surface area contributed by atoms with Crippen LogP contribution in [0.25, 0.3) is 22.2 Å². The molecule has 0 amide bonds. The number of nitrogens with zero attached hydrogens (tertiary/aromatic N) is 2. The Morgan fingerprint density at radius 3 is 2.00 bits per heavy atom. The zero-order chi connectivity index (χ0) is 29.1. The molecule has 220 valence electrons. The highest BCUT2D eigenvalue weighted by Gasteiger charge is 2.39. The number of pyridine rings is 1. The van der Waals surface area contributed by atoms with E-state index in [9.17, 15) is 18.0 Å². The number of aromatic nitrogens is 1. The first-order chi connectivity index (χ1) is 19.2. The molecule has 0 saturated carbocycles. The molecule has 2 heterocycles. The molecule has 0 fully saturated rings. The predicted molar refractivity (Wildman–Crippen MR) is 162 cm³/mol. The molecular weight excluding hydrogens is 605 g/mol. The molecular formula is C31H39BrClF3N2O2. The largest absolute Gasteiger partial charge is 0.421 e. The van der Waals surface area contributed by atoms with Crippen LogP contribution in [-0.2, 0) is 6.18 Å². The van der Waals surface area contributed by atoms with E-state index in [4.69, 9.17) is 16.0 Å². The number of unbranched alkanes of at least 4 members (excludes halogenated alkanes) is 10. The minimum atomic E-state index is -4.81. The maximum atomic E-state index is 14.5. The summed E-state index contributed by atoms with van der Waals surface area (Å²) in [7, 11) is 0.